The summed E-state index contributed by atoms with van der Waals surface area (Å²) in [5.41, 5.74) is 0. The van der Waals surface area contributed by atoms with Gasteiger partial charge < -0.3 is 5.11 Å². The van der Waals surface area contributed by atoms with Crippen LogP contribution in [0.5, 0.6) is 5.75 Å². The van der Waals surface area contributed by atoms with Crippen LogP contribution in [0.3, 0.4) is 0 Å². The normalized spacial score (nSPS) is 9.75. The van der Waals surface area contributed by atoms with Gasteiger partial charge in [-0.1, -0.05) is 0 Å². The predicted octanol–water partition coefficient (Wildman–Crippen LogP) is 1.90. The van der Waals surface area contributed by atoms with E-state index in [4.69, 9.17) is 5.11 Å². The predicted molar refractivity (Wildman–Crippen MR) is 30.7 cm³/mol. The van der Waals surface area contributed by atoms with E-state index in [2.05, 4.69) is 0 Å². The lowest BCUT2D eigenvalue weighted by molar-refractivity contribution is 0.442. The Labute approximate surface area is 50.4 Å². The molecular formula is C5H5FOS. The number of aromatic hydroxyl groups is 1. The Morgan fingerprint density at radius 2 is 2.38 bits per heavy atom. The second-order valence-corrected chi connectivity index (χ2v) is 2.72. The average Bonchev–Trinajstić information content (AvgIpc) is 1.85. The summed E-state index contributed by atoms with van der Waals surface area (Å²) in [7, 11) is 0. The first-order valence-electron chi connectivity index (χ1n) is 2.15. The average molecular weight is 132 g/mol. The van der Waals surface area contributed by atoms with Crippen molar-refractivity contribution in [3.8, 4) is 5.75 Å². The molecule has 1 N–H and O–H groups in total. The van der Waals surface area contributed by atoms with Crippen LogP contribution in [0.1, 0.15) is 4.88 Å². The van der Waals surface area contributed by atoms with Gasteiger partial charge in [-0.2, -0.15) is 4.39 Å². The Hall–Kier alpha value is -0.570. The number of hydrogen-bond donors (Lipinski definition) is 1. The van der Waals surface area contributed by atoms with Crippen molar-refractivity contribution in [3.05, 3.63) is 16.1 Å². The van der Waals surface area contributed by atoms with Gasteiger partial charge in [-0.25, -0.2) is 0 Å². The Morgan fingerprint density at radius 3 is 2.50 bits per heavy atom. The fourth-order valence-corrected chi connectivity index (χ4v) is 1.09. The number of rotatable bonds is 0. The summed E-state index contributed by atoms with van der Waals surface area (Å²) in [6.07, 6.45) is 0. The molecule has 0 saturated carbocycles. The molecule has 1 rings (SSSR count). The summed E-state index contributed by atoms with van der Waals surface area (Å²) in [4.78, 5) is 0.792. The topological polar surface area (TPSA) is 20.2 Å². The zero-order valence-corrected chi connectivity index (χ0v) is 5.13. The number of thiophene rings is 1. The highest BCUT2D eigenvalue weighted by molar-refractivity contribution is 7.10. The quantitative estimate of drug-likeness (QED) is 0.571. The molecule has 3 heteroatoms. The molecular weight excluding hydrogens is 127 g/mol. The monoisotopic (exact) mass is 132 g/mol. The second-order valence-electron chi connectivity index (χ2n) is 1.52. The molecule has 44 valence electrons. The van der Waals surface area contributed by atoms with Crippen molar-refractivity contribution in [2.45, 2.75) is 6.92 Å². The molecule has 1 aromatic rings. The van der Waals surface area contributed by atoms with Crippen LogP contribution in [0.2, 0.25) is 0 Å². The van der Waals surface area contributed by atoms with E-state index in [0.717, 1.165) is 16.2 Å². The third-order valence-electron chi connectivity index (χ3n) is 0.792. The highest BCUT2D eigenvalue weighted by Gasteiger charge is 2.01. The van der Waals surface area contributed by atoms with Crippen LogP contribution in [0.15, 0.2) is 6.07 Å². The number of halogens is 1. The summed E-state index contributed by atoms with van der Waals surface area (Å²) in [6, 6.07) is 1.40. The summed E-state index contributed by atoms with van der Waals surface area (Å²) in [5, 5.41) is 8.08. The third-order valence-corrected chi connectivity index (χ3v) is 1.62. The lowest BCUT2D eigenvalue weighted by Crippen LogP contribution is -1.55. The molecule has 0 aliphatic rings. The van der Waals surface area contributed by atoms with E-state index >= 15 is 0 Å². The zero-order chi connectivity index (χ0) is 6.15. The Kier molecular flexibility index (Phi) is 1.21. The van der Waals surface area contributed by atoms with E-state index in [0.29, 0.717) is 0 Å². The van der Waals surface area contributed by atoms with Gasteiger partial charge in [-0.05, 0) is 13.0 Å². The second kappa shape index (κ2) is 1.74. The van der Waals surface area contributed by atoms with Gasteiger partial charge in [-0.3, -0.25) is 0 Å². The molecule has 0 saturated heterocycles. The molecule has 0 radical (unpaired) electrons. The number of hydrogen-bond acceptors (Lipinski definition) is 2. The van der Waals surface area contributed by atoms with Gasteiger partial charge in [0.2, 0.25) is 5.13 Å². The minimum Gasteiger partial charge on any atom is -0.504 e. The fraction of sp³-hybridized carbons (Fsp3) is 0.200. The molecule has 0 unspecified atom stereocenters. The van der Waals surface area contributed by atoms with Gasteiger partial charge in [-0.15, -0.1) is 11.3 Å². The minimum absolute atomic E-state index is 0.243. The van der Waals surface area contributed by atoms with Crippen LogP contribution in [0, 0.1) is 12.1 Å². The maximum atomic E-state index is 12.1. The molecule has 1 aromatic heterocycles. The van der Waals surface area contributed by atoms with Gasteiger partial charge in [0.05, 0.1) is 0 Å². The SMILES string of the molecule is Cc1cc(O)c(F)s1. The molecule has 0 amide bonds. The van der Waals surface area contributed by atoms with Gasteiger partial charge >= 0.3 is 0 Å². The van der Waals surface area contributed by atoms with E-state index in [1.807, 2.05) is 0 Å². The van der Waals surface area contributed by atoms with Crippen molar-refractivity contribution in [1.82, 2.24) is 0 Å². The van der Waals surface area contributed by atoms with Gasteiger partial charge in [0.15, 0.2) is 5.75 Å². The van der Waals surface area contributed by atoms with Crippen LogP contribution in [-0.2, 0) is 0 Å². The highest BCUT2D eigenvalue weighted by Crippen LogP contribution is 2.24. The van der Waals surface area contributed by atoms with Crippen LogP contribution in [0.25, 0.3) is 0 Å². The first-order valence-corrected chi connectivity index (χ1v) is 2.96. The molecule has 1 nitrogen and oxygen atoms in total. The summed E-state index contributed by atoms with van der Waals surface area (Å²) in [6.45, 7) is 1.74. The van der Waals surface area contributed by atoms with Crippen LogP contribution < -0.4 is 0 Å². The molecule has 0 atom stereocenters. The van der Waals surface area contributed by atoms with Crippen LogP contribution in [0.4, 0.5) is 4.39 Å². The maximum Gasteiger partial charge on any atom is 0.218 e. The van der Waals surface area contributed by atoms with E-state index in [1.54, 1.807) is 6.92 Å². The Bertz CT molecular complexity index is 175. The summed E-state index contributed by atoms with van der Waals surface area (Å²) in [5.74, 6) is -0.243. The summed E-state index contributed by atoms with van der Waals surface area (Å²) < 4.78 is 12.1. The van der Waals surface area contributed by atoms with Crippen molar-refractivity contribution < 1.29 is 9.50 Å². The first-order chi connectivity index (χ1) is 3.70. The van der Waals surface area contributed by atoms with E-state index in [1.165, 1.54) is 6.07 Å². The van der Waals surface area contributed by atoms with Crippen molar-refractivity contribution >= 4 is 11.3 Å². The molecule has 0 spiro atoms. The minimum atomic E-state index is -0.498. The molecule has 8 heavy (non-hydrogen) atoms. The Balaban J connectivity index is 3.14. The molecule has 0 aromatic carbocycles. The van der Waals surface area contributed by atoms with E-state index < -0.39 is 5.13 Å². The molecule has 0 aliphatic heterocycles. The lowest BCUT2D eigenvalue weighted by Gasteiger charge is -1.75. The fourth-order valence-electron chi connectivity index (χ4n) is 0.472. The van der Waals surface area contributed by atoms with E-state index in [-0.39, 0.29) is 5.75 Å². The number of aryl methyl sites for hydroxylation is 1. The maximum absolute atomic E-state index is 12.1. The molecule has 1 heterocycles. The lowest BCUT2D eigenvalue weighted by atomic mass is 10.5. The van der Waals surface area contributed by atoms with Crippen molar-refractivity contribution in [1.29, 1.82) is 0 Å². The largest absolute Gasteiger partial charge is 0.504 e. The van der Waals surface area contributed by atoms with Crippen molar-refractivity contribution in [2.75, 3.05) is 0 Å². The smallest absolute Gasteiger partial charge is 0.218 e. The van der Waals surface area contributed by atoms with E-state index in [9.17, 15) is 4.39 Å². The highest BCUT2D eigenvalue weighted by atomic mass is 32.1. The van der Waals surface area contributed by atoms with Crippen molar-refractivity contribution in [2.24, 2.45) is 0 Å². The van der Waals surface area contributed by atoms with Crippen molar-refractivity contribution in [3.63, 3.8) is 0 Å². The third kappa shape index (κ3) is 0.816. The van der Waals surface area contributed by atoms with Gasteiger partial charge in [0.25, 0.3) is 0 Å². The van der Waals surface area contributed by atoms with Crippen LogP contribution >= 0.6 is 11.3 Å². The zero-order valence-electron chi connectivity index (χ0n) is 4.31. The first kappa shape index (κ1) is 5.56. The molecule has 0 aliphatic carbocycles. The van der Waals surface area contributed by atoms with Crippen LogP contribution in [-0.4, -0.2) is 5.11 Å². The molecule has 0 bridgehead atoms. The molecule has 0 fully saturated rings. The Morgan fingerprint density at radius 1 is 1.75 bits per heavy atom. The summed E-state index contributed by atoms with van der Waals surface area (Å²) >= 11 is 0.953. The standard InChI is InChI=1S/C5H5FOS/c1-3-2-4(7)5(6)8-3/h2,7H,1H3. The van der Waals surface area contributed by atoms with Gasteiger partial charge in [0, 0.05) is 4.88 Å². The van der Waals surface area contributed by atoms with Gasteiger partial charge in [0.1, 0.15) is 0 Å².